The molecule has 3 heteroatoms. The first-order chi connectivity index (χ1) is 30.9. The summed E-state index contributed by atoms with van der Waals surface area (Å²) in [6.45, 7) is 8.74. The molecule has 2 unspecified atom stereocenters. The topological polar surface area (TPSA) is 43.7 Å². The predicted molar refractivity (Wildman–Crippen MR) is 264 cm³/mol. The Labute approximate surface area is 368 Å². The number of phenols is 2. The highest BCUT2D eigenvalue weighted by Crippen LogP contribution is 2.50. The maximum Gasteiger partial charge on any atom is 0.124 e. The molecule has 7 aromatic rings. The van der Waals surface area contributed by atoms with Crippen molar-refractivity contribution in [3.8, 4) is 22.6 Å². The summed E-state index contributed by atoms with van der Waals surface area (Å²) in [4.78, 5) is 2.45. The average Bonchev–Trinajstić information content (AvgIpc) is 3.94. The number of phenolic OH excluding ortho intramolecular Hbond substituents is 2. The third-order valence-electron chi connectivity index (χ3n) is 13.3. The molecule has 0 heterocycles. The standard InChI is InChI=1S/C60H45NO2/c1-4-14-53(43-23-11-22-42(38(43)3)50-28-6-17-39-16-5-15-37(2)58(39)50)61(54-35-33-46-44(24-12-26-48(46)54)51-29-7-18-40-20-9-31-56(62)59(40)51)55-36-34-47-45(25-13-27-49(47)55)52-30-8-19-41-21-10-32-57(63)60(41)52/h4-36,46-47,62-63H,1H2,2-3H3/b53-14+. The van der Waals surface area contributed by atoms with E-state index in [-0.39, 0.29) is 23.3 Å². The minimum absolute atomic E-state index is 0.0448. The van der Waals surface area contributed by atoms with Crippen molar-refractivity contribution < 1.29 is 10.2 Å². The van der Waals surface area contributed by atoms with Crippen LogP contribution in [0, 0.1) is 25.7 Å². The van der Waals surface area contributed by atoms with Gasteiger partial charge in [0.1, 0.15) is 11.5 Å². The fourth-order valence-corrected chi connectivity index (χ4v) is 10.5. The van der Waals surface area contributed by atoms with E-state index in [4.69, 9.17) is 0 Å². The first kappa shape index (κ1) is 38.1. The smallest absolute Gasteiger partial charge is 0.124 e. The van der Waals surface area contributed by atoms with E-state index in [9.17, 15) is 10.2 Å². The van der Waals surface area contributed by atoms with E-state index in [2.05, 4.69) is 195 Å². The molecule has 11 rings (SSSR count). The predicted octanol–water partition coefficient (Wildman–Crippen LogP) is 14.9. The number of nitrogens with zero attached hydrogens (tertiary/aromatic N) is 1. The van der Waals surface area contributed by atoms with Gasteiger partial charge in [0.25, 0.3) is 0 Å². The molecule has 2 atom stereocenters. The molecule has 302 valence electrons. The van der Waals surface area contributed by atoms with Crippen LogP contribution < -0.4 is 0 Å². The van der Waals surface area contributed by atoms with Crippen molar-refractivity contribution in [1.82, 2.24) is 4.90 Å². The lowest BCUT2D eigenvalue weighted by Crippen LogP contribution is -2.23. The van der Waals surface area contributed by atoms with Gasteiger partial charge in [0.2, 0.25) is 0 Å². The van der Waals surface area contributed by atoms with Gasteiger partial charge >= 0.3 is 0 Å². The summed E-state index contributed by atoms with van der Waals surface area (Å²) in [7, 11) is 0. The van der Waals surface area contributed by atoms with Gasteiger partial charge in [0.05, 0.1) is 17.1 Å². The van der Waals surface area contributed by atoms with Crippen LogP contribution in [-0.4, -0.2) is 15.1 Å². The number of benzene rings is 7. The van der Waals surface area contributed by atoms with Crippen molar-refractivity contribution >= 4 is 49.2 Å². The molecule has 0 radical (unpaired) electrons. The summed E-state index contributed by atoms with van der Waals surface area (Å²) in [5.41, 5.74) is 15.8. The molecule has 2 N–H and O–H groups in total. The molecule has 0 fully saturated rings. The van der Waals surface area contributed by atoms with Crippen molar-refractivity contribution in [2.45, 2.75) is 13.8 Å². The van der Waals surface area contributed by atoms with E-state index >= 15 is 0 Å². The Morgan fingerprint density at radius 1 is 0.524 bits per heavy atom. The molecule has 0 amide bonds. The summed E-state index contributed by atoms with van der Waals surface area (Å²) in [6, 6.07) is 43.8. The number of hydrogen-bond acceptors (Lipinski definition) is 3. The van der Waals surface area contributed by atoms with E-state index in [1.54, 1.807) is 12.1 Å². The van der Waals surface area contributed by atoms with Crippen LogP contribution >= 0.6 is 0 Å². The van der Waals surface area contributed by atoms with E-state index in [1.165, 1.54) is 44.2 Å². The van der Waals surface area contributed by atoms with Crippen LogP contribution in [0.4, 0.5) is 0 Å². The van der Waals surface area contributed by atoms with Gasteiger partial charge in [0, 0.05) is 28.2 Å². The zero-order valence-electron chi connectivity index (χ0n) is 35.3. The van der Waals surface area contributed by atoms with Crippen LogP contribution in [0.2, 0.25) is 0 Å². The SMILES string of the molecule is C=C/C=C(\c1cccc(-c2cccc3cccc(C)c23)c1C)N(C1=C2C=CC=C(c3cccc4cccc(O)c34)C2C=C1)C1=C2C=CC=C(c3cccc4cccc(O)c34)C2C=C1. The van der Waals surface area contributed by atoms with Crippen LogP contribution in [0.25, 0.3) is 60.3 Å². The number of hydrogen-bond donors (Lipinski definition) is 2. The molecule has 0 bridgehead atoms. The molecular weight excluding hydrogens is 767 g/mol. The van der Waals surface area contributed by atoms with E-state index < -0.39 is 0 Å². The summed E-state index contributed by atoms with van der Waals surface area (Å²) in [5, 5.41) is 28.7. The Morgan fingerprint density at radius 3 is 1.52 bits per heavy atom. The van der Waals surface area contributed by atoms with Crippen LogP contribution in [0.3, 0.4) is 0 Å². The van der Waals surface area contributed by atoms with Crippen molar-refractivity contribution in [1.29, 1.82) is 0 Å². The highest BCUT2D eigenvalue weighted by Gasteiger charge is 2.36. The van der Waals surface area contributed by atoms with Crippen molar-refractivity contribution in [3.63, 3.8) is 0 Å². The number of fused-ring (bicyclic) bond motifs is 5. The lowest BCUT2D eigenvalue weighted by molar-refractivity contribution is 0.481. The molecule has 3 nitrogen and oxygen atoms in total. The second-order valence-corrected chi connectivity index (χ2v) is 16.8. The fourth-order valence-electron chi connectivity index (χ4n) is 10.5. The van der Waals surface area contributed by atoms with E-state index in [1.807, 2.05) is 18.2 Å². The molecule has 4 aliphatic carbocycles. The van der Waals surface area contributed by atoms with Crippen LogP contribution in [0.15, 0.2) is 229 Å². The number of aromatic hydroxyl groups is 2. The van der Waals surface area contributed by atoms with Gasteiger partial charge < -0.3 is 15.1 Å². The summed E-state index contributed by atoms with van der Waals surface area (Å²) in [6.07, 6.45) is 26.4. The van der Waals surface area contributed by atoms with E-state index in [0.717, 1.165) is 66.5 Å². The molecule has 0 aromatic heterocycles. The van der Waals surface area contributed by atoms with Gasteiger partial charge in [-0.05, 0) is 121 Å². The second kappa shape index (κ2) is 15.2. The van der Waals surface area contributed by atoms with Crippen LogP contribution in [-0.2, 0) is 0 Å². The fraction of sp³-hybridized carbons (Fsp3) is 0.0667. The van der Waals surface area contributed by atoms with Crippen LogP contribution in [0.5, 0.6) is 11.5 Å². The average molecular weight is 812 g/mol. The van der Waals surface area contributed by atoms with Gasteiger partial charge in [-0.2, -0.15) is 0 Å². The second-order valence-electron chi connectivity index (χ2n) is 16.8. The molecule has 7 aromatic carbocycles. The van der Waals surface area contributed by atoms with Gasteiger partial charge in [0.15, 0.2) is 0 Å². The van der Waals surface area contributed by atoms with E-state index in [0.29, 0.717) is 0 Å². The maximum absolute atomic E-state index is 11.2. The molecule has 4 aliphatic rings. The van der Waals surface area contributed by atoms with Gasteiger partial charge in [-0.1, -0.05) is 177 Å². The molecular formula is C60H45NO2. The number of rotatable bonds is 8. The summed E-state index contributed by atoms with van der Waals surface area (Å²) < 4.78 is 0. The summed E-state index contributed by atoms with van der Waals surface area (Å²) >= 11 is 0. The highest BCUT2D eigenvalue weighted by molar-refractivity contribution is 6.02. The van der Waals surface area contributed by atoms with Gasteiger partial charge in [-0.25, -0.2) is 0 Å². The largest absolute Gasteiger partial charge is 0.507 e. The third-order valence-corrected chi connectivity index (χ3v) is 13.3. The molecule has 63 heavy (non-hydrogen) atoms. The third kappa shape index (κ3) is 6.11. The van der Waals surface area contributed by atoms with Gasteiger partial charge in [-0.3, -0.25) is 0 Å². The first-order valence-electron chi connectivity index (χ1n) is 21.7. The highest BCUT2D eigenvalue weighted by atomic mass is 16.3. The monoisotopic (exact) mass is 811 g/mol. The Hall–Kier alpha value is -7.88. The number of aryl methyl sites for hydroxylation is 1. The minimum Gasteiger partial charge on any atom is -0.507 e. The minimum atomic E-state index is -0.0448. The summed E-state index contributed by atoms with van der Waals surface area (Å²) in [5.74, 6) is 0.470. The maximum atomic E-state index is 11.2. The Balaban J connectivity index is 1.11. The molecule has 0 saturated heterocycles. The molecule has 0 spiro atoms. The quantitative estimate of drug-likeness (QED) is 0.150. The van der Waals surface area contributed by atoms with Crippen molar-refractivity contribution in [2.24, 2.45) is 11.8 Å². The Bertz CT molecular complexity index is 3250. The zero-order valence-corrected chi connectivity index (χ0v) is 35.3. The van der Waals surface area contributed by atoms with Crippen LogP contribution in [0.1, 0.15) is 27.8 Å². The first-order valence-corrected chi connectivity index (χ1v) is 21.7. The Kier molecular flexibility index (Phi) is 9.21. The Morgan fingerprint density at radius 2 is 0.984 bits per heavy atom. The molecule has 0 aliphatic heterocycles. The van der Waals surface area contributed by atoms with Gasteiger partial charge in [-0.15, -0.1) is 0 Å². The lowest BCUT2D eigenvalue weighted by Gasteiger charge is -2.33. The lowest BCUT2D eigenvalue weighted by atomic mass is 9.82. The van der Waals surface area contributed by atoms with Crippen molar-refractivity contribution in [2.75, 3.05) is 0 Å². The zero-order chi connectivity index (χ0) is 42.8. The normalized spacial score (nSPS) is 17.8. The van der Waals surface area contributed by atoms with Crippen molar-refractivity contribution in [3.05, 3.63) is 257 Å². The molecule has 0 saturated carbocycles. The number of allylic oxidation sites excluding steroid dienone is 16.